The fourth-order valence-electron chi connectivity index (χ4n) is 0.751. The standard InChI is InChI=1S/C3H6O3P2S2/c9-7-1-4-8(10,5-2-7)6-3-7/h1-3H2. The number of fused-ring (bicyclic) bond motifs is 3. The Hall–Kier alpha value is 1.18. The van der Waals surface area contributed by atoms with Gasteiger partial charge in [0.15, 0.2) is 0 Å². The van der Waals surface area contributed by atoms with Crippen LogP contribution in [0.1, 0.15) is 0 Å². The fourth-order valence-corrected chi connectivity index (χ4v) is 7.97. The van der Waals surface area contributed by atoms with Gasteiger partial charge in [0, 0.05) is 6.04 Å². The summed E-state index contributed by atoms with van der Waals surface area (Å²) in [6.45, 7) is -2.28. The van der Waals surface area contributed by atoms with Gasteiger partial charge in [0.25, 0.3) is 0 Å². The molecule has 7 heteroatoms. The minimum absolute atomic E-state index is 0.625. The Morgan fingerprint density at radius 1 is 0.900 bits per heavy atom. The maximum Gasteiger partial charge on any atom is 0.328 e. The summed E-state index contributed by atoms with van der Waals surface area (Å²) in [5, 5.41) is 0. The van der Waals surface area contributed by atoms with Crippen molar-refractivity contribution in [3.05, 3.63) is 0 Å². The van der Waals surface area contributed by atoms with E-state index >= 15 is 0 Å². The van der Waals surface area contributed by atoms with Crippen LogP contribution in [0.5, 0.6) is 0 Å². The summed E-state index contributed by atoms with van der Waals surface area (Å²) in [7, 11) is 0. The molecule has 0 aromatic rings. The molecule has 3 saturated heterocycles. The van der Waals surface area contributed by atoms with Crippen LogP contribution in [0.3, 0.4) is 0 Å². The smallest absolute Gasteiger partial charge is 0.303 e. The summed E-state index contributed by atoms with van der Waals surface area (Å²) in [6.07, 6.45) is 1.87. The van der Waals surface area contributed by atoms with Gasteiger partial charge in [-0.15, -0.1) is 0 Å². The third-order valence-corrected chi connectivity index (χ3v) is 7.00. The van der Waals surface area contributed by atoms with Crippen LogP contribution in [-0.2, 0) is 37.2 Å². The first-order chi connectivity index (χ1) is 4.62. The third kappa shape index (κ3) is 1.25. The van der Waals surface area contributed by atoms with Crippen LogP contribution in [0, 0.1) is 0 Å². The van der Waals surface area contributed by atoms with Gasteiger partial charge in [-0.3, -0.25) is 0 Å². The van der Waals surface area contributed by atoms with Crippen molar-refractivity contribution in [2.75, 3.05) is 19.0 Å². The molecule has 0 aromatic carbocycles. The van der Waals surface area contributed by atoms with E-state index in [1.165, 1.54) is 0 Å². The van der Waals surface area contributed by atoms with Crippen LogP contribution in [0.4, 0.5) is 0 Å². The molecule has 3 aliphatic heterocycles. The van der Waals surface area contributed by atoms with Gasteiger partial charge in [-0.1, -0.05) is 11.8 Å². The third-order valence-electron chi connectivity index (χ3n) is 1.35. The van der Waals surface area contributed by atoms with E-state index in [9.17, 15) is 0 Å². The molecule has 58 valence electrons. The van der Waals surface area contributed by atoms with Gasteiger partial charge in [-0.25, -0.2) is 0 Å². The van der Waals surface area contributed by atoms with Crippen molar-refractivity contribution in [3.8, 4) is 0 Å². The zero-order valence-electron chi connectivity index (χ0n) is 5.06. The van der Waals surface area contributed by atoms with E-state index in [-0.39, 0.29) is 0 Å². The minimum atomic E-state index is -2.28. The molecular formula is C3H6O3P2S2. The molecule has 10 heavy (non-hydrogen) atoms. The Balaban J connectivity index is 2.32. The molecular weight excluding hydrogens is 210 g/mol. The Bertz CT molecular complexity index is 188. The van der Waals surface area contributed by atoms with Crippen molar-refractivity contribution in [2.45, 2.75) is 0 Å². The summed E-state index contributed by atoms with van der Waals surface area (Å²) in [6, 6.07) is -1.44. The lowest BCUT2D eigenvalue weighted by Gasteiger charge is -2.39. The zero-order valence-corrected chi connectivity index (χ0v) is 8.48. The fraction of sp³-hybridized carbons (Fsp3) is 1.00. The second-order valence-corrected chi connectivity index (χ2v) is 10.5. The molecule has 0 radical (unpaired) electrons. The Labute approximate surface area is 69.3 Å². The Morgan fingerprint density at radius 3 is 1.60 bits per heavy atom. The Kier molecular flexibility index (Phi) is 1.82. The molecule has 0 spiro atoms. The quantitative estimate of drug-likeness (QED) is 0.574. The zero-order chi connectivity index (χ0) is 7.24. The summed E-state index contributed by atoms with van der Waals surface area (Å²) < 4.78 is 15.6. The molecule has 3 fully saturated rings. The highest BCUT2D eigenvalue weighted by Gasteiger charge is 2.40. The van der Waals surface area contributed by atoms with Crippen molar-refractivity contribution >= 4 is 36.4 Å². The van der Waals surface area contributed by atoms with E-state index in [1.54, 1.807) is 0 Å². The highest BCUT2D eigenvalue weighted by Crippen LogP contribution is 2.70. The van der Waals surface area contributed by atoms with E-state index in [1.807, 2.05) is 0 Å². The first-order valence-corrected chi connectivity index (χ1v) is 8.64. The molecule has 0 saturated carbocycles. The van der Waals surface area contributed by atoms with Crippen LogP contribution in [-0.4, -0.2) is 19.0 Å². The topological polar surface area (TPSA) is 27.7 Å². The molecule has 3 nitrogen and oxygen atoms in total. The van der Waals surface area contributed by atoms with Crippen molar-refractivity contribution in [3.63, 3.8) is 0 Å². The van der Waals surface area contributed by atoms with E-state index in [2.05, 4.69) is 0 Å². The van der Waals surface area contributed by atoms with Crippen molar-refractivity contribution in [2.24, 2.45) is 0 Å². The van der Waals surface area contributed by atoms with E-state index < -0.39 is 12.8 Å². The molecule has 2 bridgehead atoms. The van der Waals surface area contributed by atoms with E-state index in [0.29, 0.717) is 19.0 Å². The predicted octanol–water partition coefficient (Wildman–Crippen LogP) is 1.64. The lowest BCUT2D eigenvalue weighted by molar-refractivity contribution is 0.169. The molecule has 0 amide bonds. The first-order valence-electron chi connectivity index (χ1n) is 2.73. The summed E-state index contributed by atoms with van der Waals surface area (Å²) in [4.78, 5) is 0. The van der Waals surface area contributed by atoms with Crippen molar-refractivity contribution < 1.29 is 13.6 Å². The Morgan fingerprint density at radius 2 is 1.30 bits per heavy atom. The highest BCUT2D eigenvalue weighted by atomic mass is 32.5. The molecule has 3 aliphatic rings. The van der Waals surface area contributed by atoms with Crippen LogP contribution >= 0.6 is 12.8 Å². The molecule has 0 N–H and O–H groups in total. The number of hydrogen-bond donors (Lipinski definition) is 0. The van der Waals surface area contributed by atoms with Gasteiger partial charge < -0.3 is 13.6 Å². The van der Waals surface area contributed by atoms with E-state index in [0.717, 1.165) is 0 Å². The van der Waals surface area contributed by atoms with Crippen LogP contribution < -0.4 is 0 Å². The lowest BCUT2D eigenvalue weighted by atomic mass is 11.6. The van der Waals surface area contributed by atoms with Gasteiger partial charge >= 0.3 is 6.72 Å². The lowest BCUT2D eigenvalue weighted by Crippen LogP contribution is -2.20. The molecule has 0 unspecified atom stereocenters. The molecule has 0 atom stereocenters. The van der Waals surface area contributed by atoms with Crippen LogP contribution in [0.15, 0.2) is 0 Å². The van der Waals surface area contributed by atoms with Crippen LogP contribution in [0.25, 0.3) is 0 Å². The SMILES string of the molecule is S=P12COP(=S)(OC1)OC2. The molecule has 0 aliphatic carbocycles. The largest absolute Gasteiger partial charge is 0.328 e. The maximum atomic E-state index is 5.25. The van der Waals surface area contributed by atoms with Gasteiger partial charge in [-0.2, -0.15) is 0 Å². The van der Waals surface area contributed by atoms with Crippen LogP contribution in [0.2, 0.25) is 0 Å². The number of hydrogen-bond acceptors (Lipinski definition) is 5. The van der Waals surface area contributed by atoms with Crippen molar-refractivity contribution in [1.29, 1.82) is 0 Å². The maximum absolute atomic E-state index is 5.25. The molecule has 0 aromatic heterocycles. The molecule has 3 rings (SSSR count). The first kappa shape index (κ1) is 7.81. The summed E-state index contributed by atoms with van der Waals surface area (Å²) in [5.41, 5.74) is 0. The van der Waals surface area contributed by atoms with Gasteiger partial charge in [0.1, 0.15) is 0 Å². The average Bonchev–Trinajstić information content (AvgIpc) is 1.93. The normalized spacial score (nSPS) is 53.2. The van der Waals surface area contributed by atoms with Gasteiger partial charge in [-0.05, 0) is 11.8 Å². The monoisotopic (exact) mass is 216 g/mol. The highest BCUT2D eigenvalue weighted by molar-refractivity contribution is 8.16. The minimum Gasteiger partial charge on any atom is -0.303 e. The molecule has 3 heterocycles. The second kappa shape index (κ2) is 2.33. The van der Waals surface area contributed by atoms with Gasteiger partial charge in [0.05, 0.1) is 19.0 Å². The number of rotatable bonds is 0. The van der Waals surface area contributed by atoms with E-state index in [4.69, 9.17) is 37.2 Å². The van der Waals surface area contributed by atoms with Crippen molar-refractivity contribution in [1.82, 2.24) is 0 Å². The van der Waals surface area contributed by atoms with Gasteiger partial charge in [0.2, 0.25) is 0 Å². The summed E-state index contributed by atoms with van der Waals surface area (Å²) >= 11 is 10.2. The average molecular weight is 216 g/mol. The predicted molar refractivity (Wildman–Crippen MR) is 46.4 cm³/mol. The summed E-state index contributed by atoms with van der Waals surface area (Å²) in [5.74, 6) is 0. The second-order valence-electron chi connectivity index (χ2n) is 2.28.